The van der Waals surface area contributed by atoms with Crippen LogP contribution in [0.3, 0.4) is 0 Å². The molecule has 0 saturated carbocycles. The minimum atomic E-state index is -0.407. The van der Waals surface area contributed by atoms with E-state index in [1.54, 1.807) is 18.2 Å². The molecule has 2 aliphatic rings. The molecular formula is C19H17FN2O2S. The van der Waals surface area contributed by atoms with Crippen molar-refractivity contribution in [1.29, 1.82) is 0 Å². The van der Waals surface area contributed by atoms with Gasteiger partial charge in [-0.3, -0.25) is 14.5 Å². The number of benzene rings is 1. The lowest BCUT2D eigenvalue weighted by molar-refractivity contribution is -0.138. The quantitative estimate of drug-likeness (QED) is 0.790. The number of hydrogen-bond donors (Lipinski definition) is 0. The van der Waals surface area contributed by atoms with Gasteiger partial charge in [0.1, 0.15) is 11.5 Å². The number of thiophene rings is 1. The van der Waals surface area contributed by atoms with Gasteiger partial charge in [0, 0.05) is 23.5 Å². The van der Waals surface area contributed by atoms with E-state index >= 15 is 0 Å². The van der Waals surface area contributed by atoms with E-state index in [1.807, 2.05) is 22.4 Å². The van der Waals surface area contributed by atoms with E-state index in [4.69, 9.17) is 0 Å². The van der Waals surface area contributed by atoms with Gasteiger partial charge >= 0.3 is 0 Å². The Morgan fingerprint density at radius 3 is 2.44 bits per heavy atom. The number of halogens is 1. The average Bonchev–Trinajstić information content (AvgIpc) is 3.34. The monoisotopic (exact) mass is 356 g/mol. The third-order valence-electron chi connectivity index (χ3n) is 4.62. The van der Waals surface area contributed by atoms with Crippen LogP contribution >= 0.6 is 11.3 Å². The fourth-order valence-corrected chi connectivity index (χ4v) is 4.14. The Labute approximate surface area is 149 Å². The van der Waals surface area contributed by atoms with Crippen molar-refractivity contribution < 1.29 is 14.0 Å². The molecule has 0 N–H and O–H groups in total. The van der Waals surface area contributed by atoms with Gasteiger partial charge < -0.3 is 4.90 Å². The van der Waals surface area contributed by atoms with Crippen LogP contribution in [0.5, 0.6) is 0 Å². The standard InChI is InChI=1S/C19H17FN2O2S/c20-14-7-2-1-6-13(14)12-22-18(23)16(15-8-5-11-25-15)17(19(22)24)21-9-3-4-10-21/h1-2,5-8,11H,3-4,9-10,12H2. The normalized spacial score (nSPS) is 18.0. The number of likely N-dealkylation sites (tertiary alicyclic amines) is 1. The van der Waals surface area contributed by atoms with Gasteiger partial charge in [-0.15, -0.1) is 11.3 Å². The second kappa shape index (κ2) is 6.44. The van der Waals surface area contributed by atoms with Crippen LogP contribution in [-0.2, 0) is 16.1 Å². The van der Waals surface area contributed by atoms with Crippen LogP contribution in [0.1, 0.15) is 23.3 Å². The minimum absolute atomic E-state index is 0.0451. The molecule has 25 heavy (non-hydrogen) atoms. The lowest BCUT2D eigenvalue weighted by atomic mass is 10.1. The molecule has 1 aromatic heterocycles. The first-order valence-corrected chi connectivity index (χ1v) is 9.17. The van der Waals surface area contributed by atoms with Crippen molar-refractivity contribution >= 4 is 28.7 Å². The van der Waals surface area contributed by atoms with Crippen molar-refractivity contribution in [2.24, 2.45) is 0 Å². The molecule has 1 fully saturated rings. The number of carbonyl (C=O) groups is 2. The minimum Gasteiger partial charge on any atom is -0.366 e. The van der Waals surface area contributed by atoms with Gasteiger partial charge in [0.2, 0.25) is 0 Å². The van der Waals surface area contributed by atoms with E-state index in [9.17, 15) is 14.0 Å². The highest BCUT2D eigenvalue weighted by atomic mass is 32.1. The van der Waals surface area contributed by atoms with Gasteiger partial charge in [0.25, 0.3) is 11.8 Å². The first-order valence-electron chi connectivity index (χ1n) is 8.29. The maximum absolute atomic E-state index is 14.0. The number of carbonyl (C=O) groups excluding carboxylic acids is 2. The third kappa shape index (κ3) is 2.76. The predicted molar refractivity (Wildman–Crippen MR) is 94.0 cm³/mol. The van der Waals surface area contributed by atoms with E-state index < -0.39 is 5.82 Å². The highest BCUT2D eigenvalue weighted by Gasteiger charge is 2.42. The molecule has 0 radical (unpaired) electrons. The molecular weight excluding hydrogens is 339 g/mol. The molecule has 0 unspecified atom stereocenters. The second-order valence-electron chi connectivity index (χ2n) is 6.18. The zero-order valence-corrected chi connectivity index (χ0v) is 14.4. The van der Waals surface area contributed by atoms with E-state index in [2.05, 4.69) is 0 Å². The summed E-state index contributed by atoms with van der Waals surface area (Å²) in [6, 6.07) is 9.97. The van der Waals surface area contributed by atoms with Crippen molar-refractivity contribution in [2.75, 3.05) is 13.1 Å². The SMILES string of the molecule is O=C1C(c2cccs2)=C(N2CCCC2)C(=O)N1Cc1ccccc1F. The maximum Gasteiger partial charge on any atom is 0.278 e. The van der Waals surface area contributed by atoms with Crippen LogP contribution < -0.4 is 0 Å². The highest BCUT2D eigenvalue weighted by molar-refractivity contribution is 7.11. The number of nitrogens with zero attached hydrogens (tertiary/aromatic N) is 2. The molecule has 0 aliphatic carbocycles. The summed E-state index contributed by atoms with van der Waals surface area (Å²) < 4.78 is 14.0. The summed E-state index contributed by atoms with van der Waals surface area (Å²) in [6.07, 6.45) is 2.02. The van der Waals surface area contributed by atoms with Crippen LogP contribution in [0.2, 0.25) is 0 Å². The zero-order chi connectivity index (χ0) is 17.4. The number of amides is 2. The second-order valence-corrected chi connectivity index (χ2v) is 7.13. The van der Waals surface area contributed by atoms with Gasteiger partial charge in [-0.2, -0.15) is 0 Å². The predicted octanol–water partition coefficient (Wildman–Crippen LogP) is 3.26. The van der Waals surface area contributed by atoms with E-state index in [0.717, 1.165) is 30.8 Å². The van der Waals surface area contributed by atoms with Crippen molar-refractivity contribution in [2.45, 2.75) is 19.4 Å². The molecule has 1 saturated heterocycles. The molecule has 2 aliphatic heterocycles. The van der Waals surface area contributed by atoms with Gasteiger partial charge in [-0.25, -0.2) is 4.39 Å². The van der Waals surface area contributed by atoms with Crippen LogP contribution in [0.4, 0.5) is 4.39 Å². The molecule has 2 amide bonds. The molecule has 128 valence electrons. The van der Waals surface area contributed by atoms with Crippen molar-refractivity contribution in [3.63, 3.8) is 0 Å². The largest absolute Gasteiger partial charge is 0.366 e. The van der Waals surface area contributed by atoms with E-state index in [0.29, 0.717) is 16.8 Å². The Bertz CT molecular complexity index is 854. The molecule has 0 spiro atoms. The molecule has 2 aromatic rings. The fourth-order valence-electron chi connectivity index (χ4n) is 3.38. The first-order chi connectivity index (χ1) is 12.2. The molecule has 4 rings (SSSR count). The summed E-state index contributed by atoms with van der Waals surface area (Å²) in [6.45, 7) is 1.50. The summed E-state index contributed by atoms with van der Waals surface area (Å²) in [4.78, 5) is 30.0. The summed E-state index contributed by atoms with van der Waals surface area (Å²) in [5.41, 5.74) is 1.27. The maximum atomic E-state index is 14.0. The molecule has 3 heterocycles. The zero-order valence-electron chi connectivity index (χ0n) is 13.6. The average molecular weight is 356 g/mol. The summed E-state index contributed by atoms with van der Waals surface area (Å²) >= 11 is 1.44. The van der Waals surface area contributed by atoms with Crippen LogP contribution in [0, 0.1) is 5.82 Å². The van der Waals surface area contributed by atoms with Crippen LogP contribution in [-0.4, -0.2) is 34.7 Å². The fraction of sp³-hybridized carbons (Fsp3) is 0.263. The number of imide groups is 1. The van der Waals surface area contributed by atoms with Crippen molar-refractivity contribution in [3.05, 3.63) is 63.7 Å². The van der Waals surface area contributed by atoms with Crippen molar-refractivity contribution in [1.82, 2.24) is 9.80 Å². The lowest BCUT2D eigenvalue weighted by Crippen LogP contribution is -2.34. The summed E-state index contributed by atoms with van der Waals surface area (Å²) in [5, 5.41) is 1.89. The molecule has 0 bridgehead atoms. The van der Waals surface area contributed by atoms with Crippen molar-refractivity contribution in [3.8, 4) is 0 Å². The van der Waals surface area contributed by atoms with Gasteiger partial charge in [0.05, 0.1) is 12.1 Å². The lowest BCUT2D eigenvalue weighted by Gasteiger charge is -2.20. The Kier molecular flexibility index (Phi) is 4.13. The number of rotatable bonds is 4. The van der Waals surface area contributed by atoms with Gasteiger partial charge in [-0.05, 0) is 30.4 Å². The summed E-state index contributed by atoms with van der Waals surface area (Å²) in [7, 11) is 0. The molecule has 0 atom stereocenters. The Morgan fingerprint density at radius 1 is 1.00 bits per heavy atom. The van der Waals surface area contributed by atoms with E-state index in [-0.39, 0.29) is 18.4 Å². The smallest absolute Gasteiger partial charge is 0.278 e. The molecule has 1 aromatic carbocycles. The highest BCUT2D eigenvalue weighted by Crippen LogP contribution is 2.36. The Morgan fingerprint density at radius 2 is 1.76 bits per heavy atom. The number of hydrogen-bond acceptors (Lipinski definition) is 4. The Hall–Kier alpha value is -2.47. The Balaban J connectivity index is 1.72. The molecule has 4 nitrogen and oxygen atoms in total. The topological polar surface area (TPSA) is 40.6 Å². The van der Waals surface area contributed by atoms with Crippen LogP contribution in [0.15, 0.2) is 47.5 Å². The first kappa shape index (κ1) is 16.0. The third-order valence-corrected chi connectivity index (χ3v) is 5.51. The van der Waals surface area contributed by atoms with E-state index in [1.165, 1.54) is 22.3 Å². The van der Waals surface area contributed by atoms with Gasteiger partial charge in [0.15, 0.2) is 0 Å². The van der Waals surface area contributed by atoms with Crippen LogP contribution in [0.25, 0.3) is 5.57 Å². The summed E-state index contributed by atoms with van der Waals surface area (Å²) in [5.74, 6) is -1.06. The molecule has 6 heteroatoms. The van der Waals surface area contributed by atoms with Gasteiger partial charge in [-0.1, -0.05) is 24.3 Å².